The smallest absolute Gasteiger partial charge is 0.225 e. The third kappa shape index (κ3) is 3.62. The van der Waals surface area contributed by atoms with E-state index in [0.717, 1.165) is 45.4 Å². The van der Waals surface area contributed by atoms with E-state index in [1.807, 2.05) is 18.7 Å². The summed E-state index contributed by atoms with van der Waals surface area (Å²) >= 11 is 0. The molecule has 4 nitrogen and oxygen atoms in total. The first-order valence-electron chi connectivity index (χ1n) is 10.1. The van der Waals surface area contributed by atoms with Crippen molar-refractivity contribution in [3.63, 3.8) is 0 Å². The van der Waals surface area contributed by atoms with Crippen LogP contribution in [0.25, 0.3) is 0 Å². The Morgan fingerprint density at radius 1 is 1.00 bits per heavy atom. The minimum Gasteiger partial charge on any atom is -0.343 e. The first kappa shape index (κ1) is 17.8. The number of rotatable bonds is 4. The minimum absolute atomic E-state index is 0.0793. The zero-order chi connectivity index (χ0) is 17.2. The first-order chi connectivity index (χ1) is 11.5. The Hall–Kier alpha value is -1.06. The molecule has 136 valence electrons. The van der Waals surface area contributed by atoms with Gasteiger partial charge in [0.1, 0.15) is 0 Å². The average Bonchev–Trinajstić information content (AvgIpc) is 3.21. The van der Waals surface area contributed by atoms with Gasteiger partial charge < -0.3 is 9.80 Å². The van der Waals surface area contributed by atoms with E-state index in [-0.39, 0.29) is 5.92 Å². The number of hydrogen-bond acceptors (Lipinski definition) is 2. The molecule has 1 unspecified atom stereocenters. The van der Waals surface area contributed by atoms with Crippen molar-refractivity contribution in [3.05, 3.63) is 0 Å². The van der Waals surface area contributed by atoms with Crippen molar-refractivity contribution in [2.75, 3.05) is 26.2 Å². The molecule has 2 aliphatic heterocycles. The van der Waals surface area contributed by atoms with Gasteiger partial charge in [0, 0.05) is 38.5 Å². The quantitative estimate of drug-likeness (QED) is 0.790. The number of likely N-dealkylation sites (tertiary alicyclic amines) is 2. The number of nitrogens with zero attached hydrogens (tertiary/aromatic N) is 2. The molecule has 2 amide bonds. The van der Waals surface area contributed by atoms with Crippen molar-refractivity contribution in [1.29, 1.82) is 0 Å². The molecule has 1 atom stereocenters. The number of amides is 2. The Balaban J connectivity index is 1.64. The molecule has 0 aromatic carbocycles. The molecule has 1 aliphatic carbocycles. The van der Waals surface area contributed by atoms with Crippen LogP contribution in [0.15, 0.2) is 0 Å². The molecule has 3 rings (SSSR count). The van der Waals surface area contributed by atoms with E-state index in [1.54, 1.807) is 0 Å². The summed E-state index contributed by atoms with van der Waals surface area (Å²) in [6, 6.07) is 0. The highest BCUT2D eigenvalue weighted by molar-refractivity contribution is 5.78. The molecule has 4 heteroatoms. The first-order valence-corrected chi connectivity index (χ1v) is 10.1. The van der Waals surface area contributed by atoms with E-state index < -0.39 is 0 Å². The maximum atomic E-state index is 12.5. The summed E-state index contributed by atoms with van der Waals surface area (Å²) in [5.41, 5.74) is 0.300. The Morgan fingerprint density at radius 2 is 1.67 bits per heavy atom. The number of hydrogen-bond donors (Lipinski definition) is 0. The summed E-state index contributed by atoms with van der Waals surface area (Å²) < 4.78 is 0. The summed E-state index contributed by atoms with van der Waals surface area (Å²) in [5, 5.41) is 0. The third-order valence-electron chi connectivity index (χ3n) is 6.63. The fourth-order valence-corrected chi connectivity index (χ4v) is 5.21. The predicted octanol–water partition coefficient (Wildman–Crippen LogP) is 3.45. The van der Waals surface area contributed by atoms with Crippen LogP contribution in [0, 0.1) is 17.3 Å². The topological polar surface area (TPSA) is 40.6 Å². The van der Waals surface area contributed by atoms with Crippen LogP contribution in [0.4, 0.5) is 0 Å². The van der Waals surface area contributed by atoms with Crippen molar-refractivity contribution in [1.82, 2.24) is 9.80 Å². The fraction of sp³-hybridized carbons (Fsp3) is 0.900. The molecule has 0 aromatic heterocycles. The minimum atomic E-state index is 0.0793. The van der Waals surface area contributed by atoms with E-state index in [1.165, 1.54) is 32.1 Å². The fourth-order valence-electron chi connectivity index (χ4n) is 5.21. The molecule has 24 heavy (non-hydrogen) atoms. The molecule has 1 saturated carbocycles. The van der Waals surface area contributed by atoms with Crippen LogP contribution < -0.4 is 0 Å². The van der Waals surface area contributed by atoms with Gasteiger partial charge >= 0.3 is 0 Å². The van der Waals surface area contributed by atoms with E-state index in [4.69, 9.17) is 0 Å². The largest absolute Gasteiger partial charge is 0.343 e. The highest BCUT2D eigenvalue weighted by Crippen LogP contribution is 2.49. The van der Waals surface area contributed by atoms with Gasteiger partial charge in [0.2, 0.25) is 11.8 Å². The van der Waals surface area contributed by atoms with Crippen LogP contribution in [0.2, 0.25) is 0 Å². The Kier molecular flexibility index (Phi) is 5.51. The van der Waals surface area contributed by atoms with E-state index in [9.17, 15) is 9.59 Å². The maximum Gasteiger partial charge on any atom is 0.225 e. The summed E-state index contributed by atoms with van der Waals surface area (Å²) in [6.45, 7) is 7.72. The monoisotopic (exact) mass is 334 g/mol. The molecular formula is C20H34N2O2. The number of carbonyl (C=O) groups is 2. The van der Waals surface area contributed by atoms with E-state index >= 15 is 0 Å². The van der Waals surface area contributed by atoms with Crippen LogP contribution >= 0.6 is 0 Å². The summed E-state index contributed by atoms with van der Waals surface area (Å²) in [5.74, 6) is 1.24. The van der Waals surface area contributed by atoms with Gasteiger partial charge in [-0.05, 0) is 43.4 Å². The van der Waals surface area contributed by atoms with Gasteiger partial charge in [-0.15, -0.1) is 0 Å². The van der Waals surface area contributed by atoms with E-state index in [2.05, 4.69) is 4.90 Å². The highest BCUT2D eigenvalue weighted by atomic mass is 16.2. The highest BCUT2D eigenvalue weighted by Gasteiger charge is 2.48. The average molecular weight is 335 g/mol. The molecule has 0 N–H and O–H groups in total. The van der Waals surface area contributed by atoms with Crippen molar-refractivity contribution >= 4 is 11.8 Å². The van der Waals surface area contributed by atoms with Crippen LogP contribution in [0.3, 0.4) is 0 Å². The van der Waals surface area contributed by atoms with Crippen molar-refractivity contribution in [2.45, 2.75) is 71.6 Å². The third-order valence-corrected chi connectivity index (χ3v) is 6.63. The summed E-state index contributed by atoms with van der Waals surface area (Å²) in [6.07, 6.45) is 10.4. The standard InChI is InChI=1S/C20H34N2O2/c1-16(2)19(24)22-14-17(20(15-22)10-4-3-5-11-20)8-9-18(23)21-12-6-7-13-21/h16-17H,3-15H2,1-2H3. The summed E-state index contributed by atoms with van der Waals surface area (Å²) in [7, 11) is 0. The molecular weight excluding hydrogens is 300 g/mol. The van der Waals surface area contributed by atoms with Crippen molar-refractivity contribution < 1.29 is 9.59 Å². The Morgan fingerprint density at radius 3 is 2.29 bits per heavy atom. The number of carbonyl (C=O) groups excluding carboxylic acids is 2. The van der Waals surface area contributed by atoms with Crippen LogP contribution in [-0.4, -0.2) is 47.8 Å². The maximum absolute atomic E-state index is 12.5. The van der Waals surface area contributed by atoms with Crippen molar-refractivity contribution in [2.24, 2.45) is 17.3 Å². The van der Waals surface area contributed by atoms with Crippen molar-refractivity contribution in [3.8, 4) is 0 Å². The lowest BCUT2D eigenvalue weighted by molar-refractivity contribution is -0.134. The van der Waals surface area contributed by atoms with Gasteiger partial charge in [-0.1, -0.05) is 33.1 Å². The summed E-state index contributed by atoms with van der Waals surface area (Å²) in [4.78, 5) is 29.1. The molecule has 3 aliphatic rings. The molecule has 0 aromatic rings. The molecule has 3 fully saturated rings. The van der Waals surface area contributed by atoms with Gasteiger partial charge in [0.25, 0.3) is 0 Å². The van der Waals surface area contributed by atoms with Gasteiger partial charge in [0.05, 0.1) is 0 Å². The second-order valence-corrected chi connectivity index (χ2v) is 8.62. The molecule has 0 bridgehead atoms. The zero-order valence-corrected chi connectivity index (χ0v) is 15.6. The van der Waals surface area contributed by atoms with Crippen LogP contribution in [0.1, 0.15) is 71.6 Å². The normalized spacial score (nSPS) is 26.5. The Bertz CT molecular complexity index is 462. The molecule has 0 radical (unpaired) electrons. The van der Waals surface area contributed by atoms with Gasteiger partial charge in [-0.2, -0.15) is 0 Å². The molecule has 1 spiro atoms. The van der Waals surface area contributed by atoms with Gasteiger partial charge in [-0.3, -0.25) is 9.59 Å². The lowest BCUT2D eigenvalue weighted by atomic mass is 9.66. The Labute approximate surface area is 146 Å². The van der Waals surface area contributed by atoms with E-state index in [0.29, 0.717) is 29.6 Å². The lowest BCUT2D eigenvalue weighted by Crippen LogP contribution is -2.36. The SMILES string of the molecule is CC(C)C(=O)N1CC(CCC(=O)N2CCCC2)C2(CCCCC2)C1. The zero-order valence-electron chi connectivity index (χ0n) is 15.6. The second-order valence-electron chi connectivity index (χ2n) is 8.62. The van der Waals surface area contributed by atoms with Gasteiger partial charge in [0.15, 0.2) is 0 Å². The van der Waals surface area contributed by atoms with Crippen LogP contribution in [0.5, 0.6) is 0 Å². The van der Waals surface area contributed by atoms with Crippen LogP contribution in [-0.2, 0) is 9.59 Å². The second kappa shape index (κ2) is 7.45. The predicted molar refractivity (Wildman–Crippen MR) is 95.5 cm³/mol. The molecule has 2 saturated heterocycles. The molecule has 2 heterocycles. The van der Waals surface area contributed by atoms with Gasteiger partial charge in [-0.25, -0.2) is 0 Å². The lowest BCUT2D eigenvalue weighted by Gasteiger charge is -2.38.